The standard InChI is InChI=1S/C18H14N2O2S/c21-20(22)14-8-9-15-16(12-14)19-17(13-6-2-1-3-7-13)18(15)23-10-4-5-11-23/h1-12,19,23H. The van der Waals surface area contributed by atoms with Crippen molar-refractivity contribution >= 4 is 27.5 Å². The van der Waals surface area contributed by atoms with Crippen LogP contribution in [0.3, 0.4) is 0 Å². The van der Waals surface area contributed by atoms with Crippen molar-refractivity contribution < 1.29 is 4.92 Å². The number of H-pyrrole nitrogens is 1. The first-order valence-corrected chi connectivity index (χ1v) is 8.71. The van der Waals surface area contributed by atoms with Gasteiger partial charge in [0.15, 0.2) is 0 Å². The number of hydrogen-bond donors (Lipinski definition) is 2. The van der Waals surface area contributed by atoms with Crippen LogP contribution in [0.15, 0.2) is 76.4 Å². The second-order valence-electron chi connectivity index (χ2n) is 5.29. The van der Waals surface area contributed by atoms with Crippen molar-refractivity contribution in [1.29, 1.82) is 0 Å². The number of rotatable bonds is 3. The van der Waals surface area contributed by atoms with Crippen molar-refractivity contribution in [3.05, 3.63) is 81.6 Å². The average molecular weight is 322 g/mol. The normalized spacial score (nSPS) is 14.7. The number of hydrogen-bond acceptors (Lipinski definition) is 2. The Morgan fingerprint density at radius 2 is 1.74 bits per heavy atom. The summed E-state index contributed by atoms with van der Waals surface area (Å²) in [6, 6.07) is 15.1. The number of nitro benzene ring substituents is 1. The molecule has 0 saturated carbocycles. The van der Waals surface area contributed by atoms with Crippen LogP contribution in [0.2, 0.25) is 0 Å². The Hall–Kier alpha value is -2.79. The Balaban J connectivity index is 2.00. The van der Waals surface area contributed by atoms with Gasteiger partial charge in [-0.3, -0.25) is 10.1 Å². The fourth-order valence-electron chi connectivity index (χ4n) is 2.85. The van der Waals surface area contributed by atoms with Crippen LogP contribution in [0.1, 0.15) is 0 Å². The van der Waals surface area contributed by atoms with Gasteiger partial charge < -0.3 is 4.98 Å². The molecule has 0 spiro atoms. The molecule has 0 aliphatic carbocycles. The molecule has 1 aromatic heterocycles. The summed E-state index contributed by atoms with van der Waals surface area (Å²) < 4.78 is 0. The monoisotopic (exact) mass is 322 g/mol. The summed E-state index contributed by atoms with van der Waals surface area (Å²) in [6.07, 6.45) is 4.12. The van der Waals surface area contributed by atoms with Crippen LogP contribution in [0.4, 0.5) is 5.69 Å². The molecule has 4 rings (SSSR count). The third-order valence-electron chi connectivity index (χ3n) is 3.89. The number of benzene rings is 2. The molecule has 0 bridgehead atoms. The summed E-state index contributed by atoms with van der Waals surface area (Å²) in [5, 5.41) is 16.5. The number of thiol groups is 1. The molecule has 1 aliphatic rings. The van der Waals surface area contributed by atoms with Crippen molar-refractivity contribution in [2.75, 3.05) is 0 Å². The molecule has 0 unspecified atom stereocenters. The van der Waals surface area contributed by atoms with E-state index >= 15 is 0 Å². The zero-order chi connectivity index (χ0) is 15.8. The highest BCUT2D eigenvalue weighted by Crippen LogP contribution is 2.50. The molecule has 0 saturated heterocycles. The topological polar surface area (TPSA) is 58.9 Å². The molecule has 0 atom stereocenters. The molecule has 2 heterocycles. The molecule has 5 heteroatoms. The summed E-state index contributed by atoms with van der Waals surface area (Å²) in [5.41, 5.74) is 3.06. The highest BCUT2D eigenvalue weighted by Gasteiger charge is 2.19. The SMILES string of the molecule is O=[N+]([O-])c1ccc2c([SH]3C=CC=C3)c(-c3ccccc3)[nH]c2c1. The Morgan fingerprint density at radius 3 is 2.43 bits per heavy atom. The molecule has 4 nitrogen and oxygen atoms in total. The van der Waals surface area contributed by atoms with Gasteiger partial charge in [-0.2, -0.15) is 10.9 Å². The lowest BCUT2D eigenvalue weighted by molar-refractivity contribution is -0.384. The van der Waals surface area contributed by atoms with Crippen LogP contribution in [0, 0.1) is 10.1 Å². The van der Waals surface area contributed by atoms with E-state index in [1.165, 1.54) is 4.90 Å². The summed E-state index contributed by atoms with van der Waals surface area (Å²) in [6.45, 7) is 0. The van der Waals surface area contributed by atoms with Crippen molar-refractivity contribution in [3.8, 4) is 11.3 Å². The summed E-state index contributed by atoms with van der Waals surface area (Å²) in [7, 11) is -0.535. The van der Waals surface area contributed by atoms with Gasteiger partial charge in [-0.05, 0) is 22.4 Å². The lowest BCUT2D eigenvalue weighted by atomic mass is 10.1. The number of nitro groups is 1. The van der Waals surface area contributed by atoms with Gasteiger partial charge in [-0.1, -0.05) is 42.5 Å². The van der Waals surface area contributed by atoms with Gasteiger partial charge in [0.25, 0.3) is 5.69 Å². The molecule has 114 valence electrons. The maximum atomic E-state index is 11.0. The lowest BCUT2D eigenvalue weighted by Gasteiger charge is -2.12. The number of aromatic amines is 1. The smallest absolute Gasteiger partial charge is 0.271 e. The zero-order valence-electron chi connectivity index (χ0n) is 12.1. The number of non-ortho nitro benzene ring substituents is 1. The molecule has 0 fully saturated rings. The van der Waals surface area contributed by atoms with Crippen LogP contribution in [0.25, 0.3) is 22.2 Å². The zero-order valence-corrected chi connectivity index (χ0v) is 13.0. The molecule has 0 amide bonds. The maximum Gasteiger partial charge on any atom is 0.271 e. The van der Waals surface area contributed by atoms with E-state index in [1.54, 1.807) is 12.1 Å². The first kappa shape index (κ1) is 13.8. The summed E-state index contributed by atoms with van der Waals surface area (Å²) in [5.74, 6) is 0. The van der Waals surface area contributed by atoms with E-state index in [2.05, 4.69) is 40.1 Å². The van der Waals surface area contributed by atoms with Gasteiger partial charge in [-0.15, -0.1) is 0 Å². The number of nitrogens with zero attached hydrogens (tertiary/aromatic N) is 1. The molecule has 2 aromatic carbocycles. The second kappa shape index (κ2) is 5.44. The first-order chi connectivity index (χ1) is 11.2. The van der Waals surface area contributed by atoms with Crippen molar-refractivity contribution in [3.63, 3.8) is 0 Å². The molecule has 23 heavy (non-hydrogen) atoms. The van der Waals surface area contributed by atoms with Crippen LogP contribution in [-0.2, 0) is 0 Å². The Kier molecular flexibility index (Phi) is 3.28. The van der Waals surface area contributed by atoms with E-state index in [1.807, 2.05) is 24.3 Å². The molecular weight excluding hydrogens is 308 g/mol. The number of fused-ring (bicyclic) bond motifs is 1. The fourth-order valence-corrected chi connectivity index (χ4v) is 4.73. The largest absolute Gasteiger partial charge is 0.353 e. The predicted molar refractivity (Wildman–Crippen MR) is 95.9 cm³/mol. The minimum atomic E-state index is -0.535. The third-order valence-corrected chi connectivity index (χ3v) is 5.86. The third kappa shape index (κ3) is 2.35. The van der Waals surface area contributed by atoms with Gasteiger partial charge in [-0.25, -0.2) is 0 Å². The van der Waals surface area contributed by atoms with Gasteiger partial charge >= 0.3 is 0 Å². The van der Waals surface area contributed by atoms with Gasteiger partial charge in [0.05, 0.1) is 16.1 Å². The van der Waals surface area contributed by atoms with E-state index in [0.29, 0.717) is 0 Å². The van der Waals surface area contributed by atoms with E-state index in [0.717, 1.165) is 22.2 Å². The minimum Gasteiger partial charge on any atom is -0.353 e. The Labute approximate surface area is 135 Å². The number of aromatic nitrogens is 1. The van der Waals surface area contributed by atoms with Crippen LogP contribution in [-0.4, -0.2) is 9.91 Å². The van der Waals surface area contributed by atoms with Crippen LogP contribution < -0.4 is 0 Å². The number of nitrogens with one attached hydrogen (secondary N) is 1. The molecular formula is C18H14N2O2S. The molecule has 3 aromatic rings. The van der Waals surface area contributed by atoms with E-state index in [-0.39, 0.29) is 10.6 Å². The molecule has 0 radical (unpaired) electrons. The van der Waals surface area contributed by atoms with Crippen LogP contribution >= 0.6 is 10.9 Å². The predicted octanol–water partition coefficient (Wildman–Crippen LogP) is 5.14. The van der Waals surface area contributed by atoms with E-state index in [9.17, 15) is 10.1 Å². The van der Waals surface area contributed by atoms with Crippen molar-refractivity contribution in [2.24, 2.45) is 0 Å². The van der Waals surface area contributed by atoms with Gasteiger partial charge in [0.2, 0.25) is 0 Å². The average Bonchev–Trinajstić information content (AvgIpc) is 3.21. The minimum absolute atomic E-state index is 0.107. The van der Waals surface area contributed by atoms with Crippen molar-refractivity contribution in [1.82, 2.24) is 4.98 Å². The Bertz CT molecular complexity index is 946. The fraction of sp³-hybridized carbons (Fsp3) is 0. The van der Waals surface area contributed by atoms with Gasteiger partial charge in [0.1, 0.15) is 0 Å². The maximum absolute atomic E-state index is 11.0. The van der Waals surface area contributed by atoms with E-state index < -0.39 is 10.9 Å². The molecule has 1 N–H and O–H groups in total. The Morgan fingerprint density at radius 1 is 1.00 bits per heavy atom. The quantitative estimate of drug-likeness (QED) is 0.398. The highest BCUT2D eigenvalue weighted by atomic mass is 32.2. The van der Waals surface area contributed by atoms with Crippen LogP contribution in [0.5, 0.6) is 0 Å². The summed E-state index contributed by atoms with van der Waals surface area (Å²) >= 11 is 0. The van der Waals surface area contributed by atoms with Crippen molar-refractivity contribution in [2.45, 2.75) is 4.90 Å². The first-order valence-electron chi connectivity index (χ1n) is 7.23. The van der Waals surface area contributed by atoms with Gasteiger partial charge in [0, 0.05) is 22.4 Å². The molecule has 1 aliphatic heterocycles. The highest BCUT2D eigenvalue weighted by molar-refractivity contribution is 8.22. The van der Waals surface area contributed by atoms with E-state index in [4.69, 9.17) is 0 Å². The second-order valence-corrected chi connectivity index (χ2v) is 7.15. The summed E-state index contributed by atoms with van der Waals surface area (Å²) in [4.78, 5) is 15.3. The number of allylic oxidation sites excluding steroid dienone is 2. The lowest BCUT2D eigenvalue weighted by Crippen LogP contribution is -1.86.